The van der Waals surface area contributed by atoms with Crippen LogP contribution in [-0.4, -0.2) is 11.6 Å². The van der Waals surface area contributed by atoms with Gasteiger partial charge >= 0.3 is 5.92 Å². The third-order valence-corrected chi connectivity index (χ3v) is 2.43. The van der Waals surface area contributed by atoms with E-state index in [0.717, 1.165) is 13.8 Å². The van der Waals surface area contributed by atoms with E-state index >= 15 is 0 Å². The third kappa shape index (κ3) is 1.29. The molecule has 7 heteroatoms. The molecule has 1 rings (SSSR count). The van der Waals surface area contributed by atoms with Crippen molar-refractivity contribution in [2.75, 3.05) is 0 Å². The summed E-state index contributed by atoms with van der Waals surface area (Å²) in [5.74, 6) is -17.6. The van der Waals surface area contributed by atoms with Crippen molar-refractivity contribution >= 4 is 0 Å². The molecule has 0 unspecified atom stereocenters. The first-order valence-corrected chi connectivity index (χ1v) is 4.27. The molecule has 92 valence electrons. The second kappa shape index (κ2) is 3.49. The van der Waals surface area contributed by atoms with Crippen molar-refractivity contribution in [2.24, 2.45) is 5.92 Å². The topological polar surface area (TPSA) is 0 Å². The lowest BCUT2D eigenvalue weighted by Gasteiger charge is -2.36. The Balaban J connectivity index is 3.56. The molecule has 1 aliphatic carbocycles. The Morgan fingerprint density at radius 3 is 1.56 bits per heavy atom. The molecule has 0 saturated heterocycles. The van der Waals surface area contributed by atoms with Crippen LogP contribution in [-0.2, 0) is 0 Å². The Bertz CT molecular complexity index is 379. The van der Waals surface area contributed by atoms with Gasteiger partial charge in [0.05, 0.1) is 0 Å². The number of hydrogen-bond acceptors (Lipinski definition) is 0. The molecule has 0 bridgehead atoms. The summed E-state index contributed by atoms with van der Waals surface area (Å²) < 4.78 is 90.7. The number of alkyl halides is 3. The van der Waals surface area contributed by atoms with Crippen LogP contribution in [0.15, 0.2) is 23.3 Å². The standard InChI is InChI=1S/C9H7F7/c1-3(2)8(14)6(12)4(10)5(11)7(13)9(8,15)16/h3H,1-2H3/t8-/m0/s1. The molecule has 0 aromatic carbocycles. The Morgan fingerprint density at radius 2 is 1.19 bits per heavy atom. The van der Waals surface area contributed by atoms with Crippen LogP contribution in [0.3, 0.4) is 0 Å². The number of allylic oxidation sites excluding steroid dienone is 4. The van der Waals surface area contributed by atoms with Gasteiger partial charge in [-0.2, -0.15) is 8.78 Å². The fraction of sp³-hybridized carbons (Fsp3) is 0.556. The monoisotopic (exact) mass is 248 g/mol. The second-order valence-electron chi connectivity index (χ2n) is 3.70. The molecule has 0 N–H and O–H groups in total. The van der Waals surface area contributed by atoms with Crippen molar-refractivity contribution in [1.29, 1.82) is 0 Å². The molecule has 0 amide bonds. The van der Waals surface area contributed by atoms with Crippen molar-refractivity contribution in [1.82, 2.24) is 0 Å². The SMILES string of the molecule is CC(C)[C@]1(F)C(F)=C(F)C(F)=C(F)C1(F)F. The van der Waals surface area contributed by atoms with Gasteiger partial charge in [-0.25, -0.2) is 22.0 Å². The Morgan fingerprint density at radius 1 is 0.812 bits per heavy atom. The highest BCUT2D eigenvalue weighted by atomic mass is 19.3. The fourth-order valence-corrected chi connectivity index (χ4v) is 1.40. The molecule has 0 aromatic rings. The molecule has 0 fully saturated rings. The molecule has 0 nitrogen and oxygen atoms in total. The summed E-state index contributed by atoms with van der Waals surface area (Å²) in [6.07, 6.45) is 0. The highest BCUT2D eigenvalue weighted by Gasteiger charge is 2.67. The highest BCUT2D eigenvalue weighted by molar-refractivity contribution is 5.41. The van der Waals surface area contributed by atoms with E-state index in [9.17, 15) is 30.7 Å². The predicted molar refractivity (Wildman–Crippen MR) is 42.1 cm³/mol. The lowest BCUT2D eigenvalue weighted by Crippen LogP contribution is -2.52. The van der Waals surface area contributed by atoms with E-state index in [1.807, 2.05) is 0 Å². The maximum Gasteiger partial charge on any atom is 0.341 e. The normalized spacial score (nSPS) is 30.4. The first-order chi connectivity index (χ1) is 7.08. The zero-order valence-corrected chi connectivity index (χ0v) is 8.22. The Hall–Kier alpha value is -1.01. The molecule has 0 saturated carbocycles. The van der Waals surface area contributed by atoms with E-state index in [2.05, 4.69) is 0 Å². The zero-order chi connectivity index (χ0) is 12.9. The summed E-state index contributed by atoms with van der Waals surface area (Å²) in [5, 5.41) is 0. The van der Waals surface area contributed by atoms with Crippen LogP contribution >= 0.6 is 0 Å². The van der Waals surface area contributed by atoms with Gasteiger partial charge in [0.2, 0.25) is 11.5 Å². The van der Waals surface area contributed by atoms with E-state index in [0.29, 0.717) is 0 Å². The Kier molecular flexibility index (Phi) is 2.85. The lowest BCUT2D eigenvalue weighted by atomic mass is 9.81. The van der Waals surface area contributed by atoms with Crippen LogP contribution in [0.25, 0.3) is 0 Å². The first-order valence-electron chi connectivity index (χ1n) is 4.27. The fourth-order valence-electron chi connectivity index (χ4n) is 1.40. The molecule has 0 radical (unpaired) electrons. The molecular weight excluding hydrogens is 241 g/mol. The van der Waals surface area contributed by atoms with Gasteiger partial charge in [-0.1, -0.05) is 13.8 Å². The van der Waals surface area contributed by atoms with Crippen molar-refractivity contribution in [3.63, 3.8) is 0 Å². The maximum atomic E-state index is 13.7. The molecule has 0 aromatic heterocycles. The van der Waals surface area contributed by atoms with Gasteiger partial charge in [0.1, 0.15) is 0 Å². The summed E-state index contributed by atoms with van der Waals surface area (Å²) in [5.41, 5.74) is -4.21. The van der Waals surface area contributed by atoms with Crippen LogP contribution in [0.2, 0.25) is 0 Å². The minimum atomic E-state index is -5.06. The van der Waals surface area contributed by atoms with Crippen LogP contribution in [0.5, 0.6) is 0 Å². The lowest BCUT2D eigenvalue weighted by molar-refractivity contribution is -0.139. The molecule has 16 heavy (non-hydrogen) atoms. The summed E-state index contributed by atoms with van der Waals surface area (Å²) in [6, 6.07) is 0. The van der Waals surface area contributed by atoms with E-state index in [1.165, 1.54) is 0 Å². The zero-order valence-electron chi connectivity index (χ0n) is 8.22. The van der Waals surface area contributed by atoms with Crippen molar-refractivity contribution in [3.05, 3.63) is 23.3 Å². The average Bonchev–Trinajstić information content (AvgIpc) is 2.21. The smallest absolute Gasteiger partial charge is 0.228 e. The number of hydrogen-bond donors (Lipinski definition) is 0. The maximum absolute atomic E-state index is 13.7. The molecule has 0 aliphatic heterocycles. The van der Waals surface area contributed by atoms with Crippen LogP contribution in [0.4, 0.5) is 30.7 Å². The van der Waals surface area contributed by atoms with Gasteiger partial charge < -0.3 is 0 Å². The van der Waals surface area contributed by atoms with Crippen LogP contribution in [0, 0.1) is 5.92 Å². The van der Waals surface area contributed by atoms with Gasteiger partial charge in [0.25, 0.3) is 0 Å². The molecular formula is C9H7F7. The highest BCUT2D eigenvalue weighted by Crippen LogP contribution is 2.55. The predicted octanol–water partition coefficient (Wildman–Crippen LogP) is 4.30. The summed E-state index contributed by atoms with van der Waals surface area (Å²) >= 11 is 0. The molecule has 1 aliphatic rings. The number of halogens is 7. The third-order valence-electron chi connectivity index (χ3n) is 2.43. The minimum absolute atomic E-state index is 0.803. The quantitative estimate of drug-likeness (QED) is 0.607. The molecule has 0 spiro atoms. The van der Waals surface area contributed by atoms with E-state index in [1.54, 1.807) is 0 Å². The number of rotatable bonds is 1. The van der Waals surface area contributed by atoms with E-state index in [4.69, 9.17) is 0 Å². The van der Waals surface area contributed by atoms with Crippen molar-refractivity contribution in [2.45, 2.75) is 25.4 Å². The summed E-state index contributed by atoms with van der Waals surface area (Å²) in [7, 11) is 0. The van der Waals surface area contributed by atoms with Crippen LogP contribution in [0.1, 0.15) is 13.8 Å². The average molecular weight is 248 g/mol. The van der Waals surface area contributed by atoms with Gasteiger partial charge in [-0.15, -0.1) is 0 Å². The largest absolute Gasteiger partial charge is 0.341 e. The van der Waals surface area contributed by atoms with E-state index < -0.39 is 40.8 Å². The second-order valence-corrected chi connectivity index (χ2v) is 3.70. The minimum Gasteiger partial charge on any atom is -0.228 e. The van der Waals surface area contributed by atoms with Gasteiger partial charge in [0, 0.05) is 5.92 Å². The van der Waals surface area contributed by atoms with Crippen LogP contribution < -0.4 is 0 Å². The van der Waals surface area contributed by atoms with Gasteiger partial charge in [0.15, 0.2) is 17.5 Å². The van der Waals surface area contributed by atoms with Gasteiger partial charge in [-0.05, 0) is 0 Å². The molecule has 0 heterocycles. The van der Waals surface area contributed by atoms with Gasteiger partial charge in [-0.3, -0.25) is 0 Å². The summed E-state index contributed by atoms with van der Waals surface area (Å²) in [4.78, 5) is 0. The van der Waals surface area contributed by atoms with Crippen molar-refractivity contribution < 1.29 is 30.7 Å². The van der Waals surface area contributed by atoms with Crippen molar-refractivity contribution in [3.8, 4) is 0 Å². The summed E-state index contributed by atoms with van der Waals surface area (Å²) in [6.45, 7) is 1.61. The Labute approximate surface area is 86.4 Å². The van der Waals surface area contributed by atoms with E-state index in [-0.39, 0.29) is 0 Å². The first kappa shape index (κ1) is 13.1. The molecule has 1 atom stereocenters.